The lowest BCUT2D eigenvalue weighted by Crippen LogP contribution is -2.29. The van der Waals surface area contributed by atoms with Gasteiger partial charge in [0.1, 0.15) is 5.75 Å². The van der Waals surface area contributed by atoms with E-state index in [1.807, 2.05) is 37.4 Å². The molecular formula is C13H21NO. The van der Waals surface area contributed by atoms with Gasteiger partial charge in [-0.3, -0.25) is 0 Å². The summed E-state index contributed by atoms with van der Waals surface area (Å²) in [4.78, 5) is 0. The Morgan fingerprint density at radius 2 is 1.87 bits per heavy atom. The van der Waals surface area contributed by atoms with Crippen LogP contribution in [0.3, 0.4) is 0 Å². The second-order valence-electron chi connectivity index (χ2n) is 4.00. The van der Waals surface area contributed by atoms with Crippen LogP contribution in [0.4, 0.5) is 0 Å². The zero-order chi connectivity index (χ0) is 11.1. The molecule has 0 radical (unpaired) electrons. The summed E-state index contributed by atoms with van der Waals surface area (Å²) in [5.74, 6) is 1.60. The SMILES string of the molecule is CNC(C)C(C)CCOc1ccccc1. The van der Waals surface area contributed by atoms with Gasteiger partial charge in [0.2, 0.25) is 0 Å². The predicted molar refractivity (Wildman–Crippen MR) is 64.2 cm³/mol. The molecular weight excluding hydrogens is 186 g/mol. The van der Waals surface area contributed by atoms with Crippen molar-refractivity contribution in [3.8, 4) is 5.75 Å². The van der Waals surface area contributed by atoms with Crippen molar-refractivity contribution in [2.75, 3.05) is 13.7 Å². The Kier molecular flexibility index (Phi) is 5.19. The number of hydrogen-bond acceptors (Lipinski definition) is 2. The first kappa shape index (κ1) is 12.1. The first-order valence-corrected chi connectivity index (χ1v) is 5.59. The second kappa shape index (κ2) is 6.46. The van der Waals surface area contributed by atoms with Gasteiger partial charge in [-0.25, -0.2) is 0 Å². The molecule has 0 aliphatic heterocycles. The van der Waals surface area contributed by atoms with Crippen LogP contribution in [0.25, 0.3) is 0 Å². The number of benzene rings is 1. The molecule has 0 aliphatic carbocycles. The molecule has 1 rings (SSSR count). The molecule has 2 unspecified atom stereocenters. The van der Waals surface area contributed by atoms with Crippen LogP contribution in [0.15, 0.2) is 30.3 Å². The van der Waals surface area contributed by atoms with Crippen LogP contribution < -0.4 is 10.1 Å². The van der Waals surface area contributed by atoms with Gasteiger partial charge in [-0.15, -0.1) is 0 Å². The molecule has 0 aromatic heterocycles. The van der Waals surface area contributed by atoms with Crippen molar-refractivity contribution in [1.29, 1.82) is 0 Å². The Morgan fingerprint density at radius 3 is 2.47 bits per heavy atom. The van der Waals surface area contributed by atoms with Gasteiger partial charge in [-0.1, -0.05) is 25.1 Å². The molecule has 2 heteroatoms. The fourth-order valence-electron chi connectivity index (χ4n) is 1.41. The Morgan fingerprint density at radius 1 is 1.20 bits per heavy atom. The third kappa shape index (κ3) is 4.34. The normalized spacial score (nSPS) is 14.6. The van der Waals surface area contributed by atoms with Crippen LogP contribution in [-0.4, -0.2) is 19.7 Å². The number of nitrogens with one attached hydrogen (secondary N) is 1. The Hall–Kier alpha value is -1.02. The van der Waals surface area contributed by atoms with Crippen molar-refractivity contribution in [3.63, 3.8) is 0 Å². The second-order valence-corrected chi connectivity index (χ2v) is 4.00. The van der Waals surface area contributed by atoms with Gasteiger partial charge in [0.25, 0.3) is 0 Å². The molecule has 15 heavy (non-hydrogen) atoms. The molecule has 0 heterocycles. The molecule has 0 saturated carbocycles. The molecule has 2 atom stereocenters. The first-order valence-electron chi connectivity index (χ1n) is 5.59. The topological polar surface area (TPSA) is 21.3 Å². The third-order valence-electron chi connectivity index (χ3n) is 2.89. The average molecular weight is 207 g/mol. The van der Waals surface area contributed by atoms with Crippen molar-refractivity contribution in [3.05, 3.63) is 30.3 Å². The van der Waals surface area contributed by atoms with Crippen molar-refractivity contribution >= 4 is 0 Å². The highest BCUT2D eigenvalue weighted by Crippen LogP contribution is 2.12. The lowest BCUT2D eigenvalue weighted by molar-refractivity contribution is 0.265. The van der Waals surface area contributed by atoms with Crippen molar-refractivity contribution < 1.29 is 4.74 Å². The molecule has 0 bridgehead atoms. The lowest BCUT2D eigenvalue weighted by atomic mass is 10.0. The van der Waals surface area contributed by atoms with Crippen LogP contribution in [-0.2, 0) is 0 Å². The summed E-state index contributed by atoms with van der Waals surface area (Å²) in [7, 11) is 2.00. The molecule has 0 spiro atoms. The van der Waals surface area contributed by atoms with Crippen LogP contribution >= 0.6 is 0 Å². The van der Waals surface area contributed by atoms with Gasteiger partial charge in [-0.2, -0.15) is 0 Å². The van der Waals surface area contributed by atoms with Crippen LogP contribution in [0, 0.1) is 5.92 Å². The fraction of sp³-hybridized carbons (Fsp3) is 0.538. The van der Waals surface area contributed by atoms with E-state index in [1.54, 1.807) is 0 Å². The van der Waals surface area contributed by atoms with Crippen LogP contribution in [0.5, 0.6) is 5.75 Å². The zero-order valence-corrected chi connectivity index (χ0v) is 9.86. The van der Waals surface area contributed by atoms with E-state index < -0.39 is 0 Å². The summed E-state index contributed by atoms with van der Waals surface area (Å²) in [5.41, 5.74) is 0. The summed E-state index contributed by atoms with van der Waals surface area (Å²) in [6.07, 6.45) is 1.08. The quantitative estimate of drug-likeness (QED) is 0.774. The maximum Gasteiger partial charge on any atom is 0.119 e. The van der Waals surface area contributed by atoms with E-state index in [9.17, 15) is 0 Å². The summed E-state index contributed by atoms with van der Waals surface area (Å²) in [6, 6.07) is 10.5. The van der Waals surface area contributed by atoms with Crippen LogP contribution in [0.2, 0.25) is 0 Å². The van der Waals surface area contributed by atoms with Gasteiger partial charge in [0.15, 0.2) is 0 Å². The zero-order valence-electron chi connectivity index (χ0n) is 9.86. The monoisotopic (exact) mass is 207 g/mol. The number of ether oxygens (including phenoxy) is 1. The molecule has 0 aliphatic rings. The van der Waals surface area contributed by atoms with Gasteiger partial charge >= 0.3 is 0 Å². The maximum atomic E-state index is 5.64. The summed E-state index contributed by atoms with van der Waals surface area (Å²) in [6.45, 7) is 5.24. The molecule has 0 amide bonds. The van der Waals surface area contributed by atoms with Gasteiger partial charge in [0, 0.05) is 6.04 Å². The molecule has 0 saturated heterocycles. The van der Waals surface area contributed by atoms with Crippen molar-refractivity contribution in [2.24, 2.45) is 5.92 Å². The molecule has 84 valence electrons. The Bertz CT molecular complexity index is 260. The fourth-order valence-corrected chi connectivity index (χ4v) is 1.41. The summed E-state index contributed by atoms with van der Waals surface area (Å²) < 4.78 is 5.64. The van der Waals surface area contributed by atoms with Crippen molar-refractivity contribution in [2.45, 2.75) is 26.3 Å². The highest BCUT2D eigenvalue weighted by atomic mass is 16.5. The minimum Gasteiger partial charge on any atom is -0.494 e. The Labute approximate surface area is 92.6 Å². The third-order valence-corrected chi connectivity index (χ3v) is 2.89. The maximum absolute atomic E-state index is 5.64. The molecule has 1 N–H and O–H groups in total. The van der Waals surface area contributed by atoms with E-state index >= 15 is 0 Å². The molecule has 1 aromatic rings. The standard InChI is InChI=1S/C13H21NO/c1-11(12(2)14-3)9-10-15-13-7-5-4-6-8-13/h4-8,11-12,14H,9-10H2,1-3H3. The van der Waals surface area contributed by atoms with E-state index in [2.05, 4.69) is 19.2 Å². The summed E-state index contributed by atoms with van der Waals surface area (Å²) >= 11 is 0. The number of para-hydroxylation sites is 1. The average Bonchev–Trinajstić information content (AvgIpc) is 2.29. The van der Waals surface area contributed by atoms with Gasteiger partial charge in [-0.05, 0) is 38.4 Å². The molecule has 2 nitrogen and oxygen atoms in total. The molecule has 0 fully saturated rings. The number of hydrogen-bond donors (Lipinski definition) is 1. The predicted octanol–water partition coefficient (Wildman–Crippen LogP) is 2.70. The van der Waals surface area contributed by atoms with E-state index in [0.29, 0.717) is 12.0 Å². The first-order chi connectivity index (χ1) is 7.24. The lowest BCUT2D eigenvalue weighted by Gasteiger charge is -2.19. The molecule has 1 aromatic carbocycles. The number of rotatable bonds is 6. The minimum absolute atomic E-state index is 0.546. The summed E-state index contributed by atoms with van der Waals surface area (Å²) in [5, 5.41) is 3.26. The van der Waals surface area contributed by atoms with E-state index in [1.165, 1.54) is 0 Å². The Balaban J connectivity index is 2.22. The minimum atomic E-state index is 0.546. The van der Waals surface area contributed by atoms with Crippen LogP contribution in [0.1, 0.15) is 20.3 Å². The smallest absolute Gasteiger partial charge is 0.119 e. The highest BCUT2D eigenvalue weighted by molar-refractivity contribution is 5.20. The highest BCUT2D eigenvalue weighted by Gasteiger charge is 2.09. The van der Waals surface area contributed by atoms with Crippen molar-refractivity contribution in [1.82, 2.24) is 5.32 Å². The van der Waals surface area contributed by atoms with E-state index in [-0.39, 0.29) is 0 Å². The van der Waals surface area contributed by atoms with Gasteiger partial charge < -0.3 is 10.1 Å². The largest absolute Gasteiger partial charge is 0.494 e. The van der Waals surface area contributed by atoms with E-state index in [4.69, 9.17) is 4.74 Å². The van der Waals surface area contributed by atoms with Gasteiger partial charge in [0.05, 0.1) is 6.61 Å². The van der Waals surface area contributed by atoms with E-state index in [0.717, 1.165) is 18.8 Å².